The Kier molecular flexibility index (Phi) is 4.10. The zero-order chi connectivity index (χ0) is 14.0. The topological polar surface area (TPSA) is 35.0 Å². The third-order valence-corrected chi connectivity index (χ3v) is 2.83. The number of hydrogen-bond donors (Lipinski definition) is 0. The normalized spacial score (nSPS) is 11.4. The second-order valence-electron chi connectivity index (χ2n) is 3.38. The van der Waals surface area contributed by atoms with Crippen molar-refractivity contribution in [2.45, 2.75) is 6.36 Å². The maximum Gasteiger partial charge on any atom is 0.573 e. The lowest BCUT2D eigenvalue weighted by atomic mass is 10.2. The molecular formula is C11H5Br2F3N2O. The van der Waals surface area contributed by atoms with Crippen molar-refractivity contribution in [2.24, 2.45) is 0 Å². The summed E-state index contributed by atoms with van der Waals surface area (Å²) in [7, 11) is 0. The summed E-state index contributed by atoms with van der Waals surface area (Å²) >= 11 is 6.30. The molecule has 0 saturated carbocycles. The van der Waals surface area contributed by atoms with Gasteiger partial charge in [0, 0.05) is 6.07 Å². The first-order chi connectivity index (χ1) is 8.85. The van der Waals surface area contributed by atoms with E-state index in [1.807, 2.05) is 0 Å². The van der Waals surface area contributed by atoms with Crippen molar-refractivity contribution in [1.82, 2.24) is 9.97 Å². The summed E-state index contributed by atoms with van der Waals surface area (Å²) in [6.07, 6.45) is -4.76. The van der Waals surface area contributed by atoms with Crippen LogP contribution in [0.5, 0.6) is 5.75 Å². The molecular weight excluding hydrogens is 393 g/mol. The molecule has 2 aromatic rings. The van der Waals surface area contributed by atoms with Crippen LogP contribution in [0.25, 0.3) is 11.4 Å². The van der Waals surface area contributed by atoms with Gasteiger partial charge < -0.3 is 4.74 Å². The molecule has 0 radical (unpaired) electrons. The lowest BCUT2D eigenvalue weighted by Crippen LogP contribution is -2.17. The summed E-state index contributed by atoms with van der Waals surface area (Å²) in [4.78, 5) is 8.05. The van der Waals surface area contributed by atoms with Gasteiger partial charge in [-0.3, -0.25) is 0 Å². The number of ether oxygens (including phenoxy) is 1. The number of halogens is 5. The molecule has 0 saturated heterocycles. The number of para-hydroxylation sites is 1. The van der Waals surface area contributed by atoms with Crippen LogP contribution < -0.4 is 4.74 Å². The molecule has 0 spiro atoms. The number of hydrogen-bond acceptors (Lipinski definition) is 3. The van der Waals surface area contributed by atoms with Crippen LogP contribution in [-0.2, 0) is 0 Å². The zero-order valence-electron chi connectivity index (χ0n) is 9.08. The fourth-order valence-electron chi connectivity index (χ4n) is 1.38. The van der Waals surface area contributed by atoms with E-state index in [0.29, 0.717) is 9.21 Å². The van der Waals surface area contributed by atoms with Gasteiger partial charge in [-0.15, -0.1) is 13.2 Å². The van der Waals surface area contributed by atoms with E-state index in [2.05, 4.69) is 46.6 Å². The quantitative estimate of drug-likeness (QED) is 0.696. The van der Waals surface area contributed by atoms with Crippen LogP contribution in [0.15, 0.2) is 39.5 Å². The second-order valence-corrected chi connectivity index (χ2v) is 5.01. The zero-order valence-corrected chi connectivity index (χ0v) is 12.3. The Balaban J connectivity index is 2.50. The summed E-state index contributed by atoms with van der Waals surface area (Å²) in [5, 5.41) is 0. The van der Waals surface area contributed by atoms with Crippen LogP contribution >= 0.6 is 31.9 Å². The Labute approximate surface area is 123 Å². The van der Waals surface area contributed by atoms with Gasteiger partial charge in [-0.1, -0.05) is 12.1 Å². The van der Waals surface area contributed by atoms with E-state index in [1.165, 1.54) is 18.2 Å². The molecule has 0 amide bonds. The second kappa shape index (κ2) is 5.46. The van der Waals surface area contributed by atoms with E-state index in [1.54, 1.807) is 12.1 Å². The largest absolute Gasteiger partial charge is 0.573 e. The fraction of sp³-hybridized carbons (Fsp3) is 0.0909. The first-order valence-corrected chi connectivity index (χ1v) is 6.49. The summed E-state index contributed by atoms with van der Waals surface area (Å²) in [6.45, 7) is 0. The molecule has 19 heavy (non-hydrogen) atoms. The number of alkyl halides is 3. The lowest BCUT2D eigenvalue weighted by molar-refractivity contribution is -0.274. The Morgan fingerprint density at radius 2 is 1.58 bits per heavy atom. The highest BCUT2D eigenvalue weighted by Gasteiger charge is 2.32. The van der Waals surface area contributed by atoms with Gasteiger partial charge in [-0.2, -0.15) is 0 Å². The van der Waals surface area contributed by atoms with E-state index < -0.39 is 6.36 Å². The van der Waals surface area contributed by atoms with E-state index in [9.17, 15) is 13.2 Å². The number of nitrogens with zero attached hydrogens (tertiary/aromatic N) is 2. The predicted octanol–water partition coefficient (Wildman–Crippen LogP) is 4.57. The van der Waals surface area contributed by atoms with Gasteiger partial charge in [0.25, 0.3) is 0 Å². The Bertz CT molecular complexity index is 584. The minimum Gasteiger partial charge on any atom is -0.405 e. The van der Waals surface area contributed by atoms with Crippen LogP contribution in [0.3, 0.4) is 0 Å². The van der Waals surface area contributed by atoms with Crippen molar-refractivity contribution in [3.63, 3.8) is 0 Å². The Hall–Kier alpha value is -1.15. The molecule has 0 aliphatic carbocycles. The molecule has 0 N–H and O–H groups in total. The highest BCUT2D eigenvalue weighted by Crippen LogP contribution is 2.32. The van der Waals surface area contributed by atoms with Crippen molar-refractivity contribution < 1.29 is 17.9 Å². The molecule has 0 aliphatic heterocycles. The van der Waals surface area contributed by atoms with Crippen LogP contribution in [0.4, 0.5) is 13.2 Å². The molecule has 3 nitrogen and oxygen atoms in total. The van der Waals surface area contributed by atoms with E-state index >= 15 is 0 Å². The van der Waals surface area contributed by atoms with Gasteiger partial charge in [-0.05, 0) is 44.0 Å². The van der Waals surface area contributed by atoms with Crippen LogP contribution in [0.2, 0.25) is 0 Å². The predicted molar refractivity (Wildman–Crippen MR) is 69.6 cm³/mol. The minimum atomic E-state index is -4.76. The van der Waals surface area contributed by atoms with Crippen molar-refractivity contribution in [3.8, 4) is 17.1 Å². The van der Waals surface area contributed by atoms with Crippen LogP contribution in [0, 0.1) is 0 Å². The van der Waals surface area contributed by atoms with Gasteiger partial charge in [-0.25, -0.2) is 9.97 Å². The van der Waals surface area contributed by atoms with Gasteiger partial charge in [0.2, 0.25) is 0 Å². The van der Waals surface area contributed by atoms with Gasteiger partial charge in [0.05, 0.1) is 5.56 Å². The first kappa shape index (κ1) is 14.3. The molecule has 0 atom stereocenters. The van der Waals surface area contributed by atoms with Gasteiger partial charge >= 0.3 is 6.36 Å². The minimum absolute atomic E-state index is 0.126. The molecule has 0 unspecified atom stereocenters. The molecule has 2 rings (SSSR count). The summed E-state index contributed by atoms with van der Waals surface area (Å²) in [5.74, 6) is -0.221. The van der Waals surface area contributed by atoms with Crippen LogP contribution in [-0.4, -0.2) is 16.3 Å². The van der Waals surface area contributed by atoms with Crippen molar-refractivity contribution in [1.29, 1.82) is 0 Å². The molecule has 100 valence electrons. The lowest BCUT2D eigenvalue weighted by Gasteiger charge is -2.12. The highest BCUT2D eigenvalue weighted by molar-refractivity contribution is 9.11. The molecule has 1 aromatic carbocycles. The molecule has 0 fully saturated rings. The van der Waals surface area contributed by atoms with E-state index in [0.717, 1.165) is 0 Å². The SMILES string of the molecule is FC(F)(F)Oc1ccccc1-c1nc(Br)cc(Br)n1. The Morgan fingerprint density at radius 1 is 1.00 bits per heavy atom. The summed E-state index contributed by atoms with van der Waals surface area (Å²) in [5.41, 5.74) is 0.154. The van der Waals surface area contributed by atoms with E-state index in [-0.39, 0.29) is 17.1 Å². The maximum absolute atomic E-state index is 12.3. The summed E-state index contributed by atoms with van der Waals surface area (Å²) in [6, 6.07) is 7.27. The van der Waals surface area contributed by atoms with Gasteiger partial charge in [0.15, 0.2) is 5.82 Å². The number of rotatable bonds is 2. The molecule has 0 aliphatic rings. The third-order valence-electron chi connectivity index (χ3n) is 2.02. The highest BCUT2D eigenvalue weighted by atomic mass is 79.9. The third kappa shape index (κ3) is 3.90. The average molecular weight is 398 g/mol. The molecule has 8 heteroatoms. The van der Waals surface area contributed by atoms with Crippen molar-refractivity contribution in [2.75, 3.05) is 0 Å². The van der Waals surface area contributed by atoms with Gasteiger partial charge in [0.1, 0.15) is 15.0 Å². The maximum atomic E-state index is 12.3. The fourth-order valence-corrected chi connectivity index (χ4v) is 2.45. The number of benzene rings is 1. The molecule has 1 aromatic heterocycles. The van der Waals surface area contributed by atoms with Crippen LogP contribution in [0.1, 0.15) is 0 Å². The average Bonchev–Trinajstić information content (AvgIpc) is 2.26. The first-order valence-electron chi connectivity index (χ1n) is 4.90. The standard InChI is InChI=1S/C11H5Br2F3N2O/c12-8-5-9(13)18-10(17-8)6-3-1-2-4-7(6)19-11(14,15)16/h1-5H. The summed E-state index contributed by atoms with van der Waals surface area (Å²) < 4.78 is 41.8. The van der Waals surface area contributed by atoms with Crippen molar-refractivity contribution in [3.05, 3.63) is 39.5 Å². The van der Waals surface area contributed by atoms with E-state index in [4.69, 9.17) is 0 Å². The number of aromatic nitrogens is 2. The van der Waals surface area contributed by atoms with Crippen molar-refractivity contribution >= 4 is 31.9 Å². The Morgan fingerprint density at radius 3 is 2.16 bits per heavy atom. The molecule has 0 bridgehead atoms. The smallest absolute Gasteiger partial charge is 0.405 e. The monoisotopic (exact) mass is 396 g/mol. The molecule has 1 heterocycles.